The molecule has 3 heterocycles. The van der Waals surface area contributed by atoms with Gasteiger partial charge in [-0.3, -0.25) is 5.41 Å². The van der Waals surface area contributed by atoms with E-state index in [-0.39, 0.29) is 5.92 Å². The van der Waals surface area contributed by atoms with Crippen LogP contribution in [0.1, 0.15) is 63.1 Å². The summed E-state index contributed by atoms with van der Waals surface area (Å²) in [5, 5.41) is 10.4. The Morgan fingerprint density at radius 2 is 2.16 bits per heavy atom. The monoisotopic (exact) mass is 512 g/mol. The van der Waals surface area contributed by atoms with Gasteiger partial charge in [-0.1, -0.05) is 33.3 Å². The lowest BCUT2D eigenvalue weighted by Crippen LogP contribution is -2.13. The first-order chi connectivity index (χ1) is 18.5. The van der Waals surface area contributed by atoms with Gasteiger partial charge in [-0.05, 0) is 68.0 Å². The number of aromatic nitrogens is 3. The maximum atomic E-state index is 6.99. The summed E-state index contributed by atoms with van der Waals surface area (Å²) < 4.78 is 12.1. The Hall–Kier alpha value is -4.07. The zero-order valence-corrected chi connectivity index (χ0v) is 22.4. The Labute approximate surface area is 224 Å². The van der Waals surface area contributed by atoms with Crippen LogP contribution >= 0.6 is 0 Å². The van der Waals surface area contributed by atoms with Crippen LogP contribution in [0.3, 0.4) is 0 Å². The van der Waals surface area contributed by atoms with Crippen LogP contribution in [-0.4, -0.2) is 34.1 Å². The van der Waals surface area contributed by atoms with Gasteiger partial charge in [0.15, 0.2) is 5.82 Å². The van der Waals surface area contributed by atoms with E-state index in [0.717, 1.165) is 52.9 Å². The highest BCUT2D eigenvalue weighted by molar-refractivity contribution is 5.88. The average Bonchev–Trinajstić information content (AvgIpc) is 2.98. The van der Waals surface area contributed by atoms with Crippen LogP contribution in [0.25, 0.3) is 11.0 Å². The number of nitrogens with one attached hydrogen (secondary N) is 2. The third kappa shape index (κ3) is 6.43. The highest BCUT2D eigenvalue weighted by Gasteiger charge is 2.25. The summed E-state index contributed by atoms with van der Waals surface area (Å²) in [7, 11) is 0. The van der Waals surface area contributed by atoms with Gasteiger partial charge in [0.25, 0.3) is 0 Å². The van der Waals surface area contributed by atoms with Crippen molar-refractivity contribution >= 4 is 35.1 Å². The maximum absolute atomic E-state index is 6.99. The van der Waals surface area contributed by atoms with Crippen LogP contribution in [0, 0.1) is 18.3 Å². The second-order valence-electron chi connectivity index (χ2n) is 9.55. The van der Waals surface area contributed by atoms with E-state index in [1.165, 1.54) is 25.5 Å². The van der Waals surface area contributed by atoms with Crippen molar-refractivity contribution in [1.29, 1.82) is 5.41 Å². The standard InChI is InChI=1S/C30H36N6O2/c1-5-9-22-10-7-8-15-37-27-17-25-29(36-28(27)21(22)4)30(34-19-33-25)35-23-11-12-26(20(3)16-23)38-24(6-2)13-14-32-18-31/h6,11-14,16-19,21-22,31H,2,5,7-10,15H2,1,3-4H3,(H,33,34,35)/b24-13+,31-18?,32-14?. The van der Waals surface area contributed by atoms with E-state index < -0.39 is 0 Å². The Morgan fingerprint density at radius 3 is 2.92 bits per heavy atom. The lowest BCUT2D eigenvalue weighted by Gasteiger charge is -2.24. The van der Waals surface area contributed by atoms with Crippen molar-refractivity contribution in [2.24, 2.45) is 10.9 Å². The van der Waals surface area contributed by atoms with Crippen molar-refractivity contribution < 1.29 is 9.47 Å². The number of benzene rings is 1. The van der Waals surface area contributed by atoms with E-state index in [0.29, 0.717) is 29.9 Å². The molecule has 0 saturated heterocycles. The molecule has 2 unspecified atom stereocenters. The summed E-state index contributed by atoms with van der Waals surface area (Å²) in [6.45, 7) is 11.0. The van der Waals surface area contributed by atoms with Crippen molar-refractivity contribution in [3.63, 3.8) is 0 Å². The number of pyridine rings is 1. The lowest BCUT2D eigenvalue weighted by atomic mass is 9.83. The molecule has 2 atom stereocenters. The molecule has 0 fully saturated rings. The third-order valence-corrected chi connectivity index (χ3v) is 6.89. The van der Waals surface area contributed by atoms with Gasteiger partial charge in [0.05, 0.1) is 17.8 Å². The minimum absolute atomic E-state index is 0.287. The fourth-order valence-electron chi connectivity index (χ4n) is 4.85. The van der Waals surface area contributed by atoms with E-state index in [1.54, 1.807) is 18.5 Å². The molecule has 0 saturated carbocycles. The second kappa shape index (κ2) is 12.9. The number of aliphatic imine (C=N–C) groups is 1. The van der Waals surface area contributed by atoms with Gasteiger partial charge in [0.1, 0.15) is 35.4 Å². The molecule has 0 radical (unpaired) electrons. The molecule has 2 aromatic heterocycles. The molecule has 8 heteroatoms. The molecule has 1 aromatic carbocycles. The molecule has 198 valence electrons. The quantitative estimate of drug-likeness (QED) is 0.135. The zero-order valence-electron chi connectivity index (χ0n) is 22.4. The van der Waals surface area contributed by atoms with Gasteiger partial charge in [-0.15, -0.1) is 0 Å². The minimum Gasteiger partial charge on any atom is -0.492 e. The number of nitrogens with zero attached hydrogens (tertiary/aromatic N) is 4. The van der Waals surface area contributed by atoms with Gasteiger partial charge in [0, 0.05) is 23.9 Å². The van der Waals surface area contributed by atoms with E-state index in [9.17, 15) is 0 Å². The van der Waals surface area contributed by atoms with Crippen LogP contribution in [0.2, 0.25) is 0 Å². The van der Waals surface area contributed by atoms with E-state index in [4.69, 9.17) is 19.9 Å². The van der Waals surface area contributed by atoms with Gasteiger partial charge in [-0.2, -0.15) is 0 Å². The number of allylic oxidation sites excluding steroid dienone is 2. The second-order valence-corrected chi connectivity index (χ2v) is 9.55. The number of anilines is 2. The van der Waals surface area contributed by atoms with Crippen LogP contribution in [0.4, 0.5) is 11.5 Å². The average molecular weight is 513 g/mol. The highest BCUT2D eigenvalue weighted by Crippen LogP contribution is 2.39. The van der Waals surface area contributed by atoms with Gasteiger partial charge in [-0.25, -0.2) is 19.9 Å². The molecule has 8 nitrogen and oxygen atoms in total. The minimum atomic E-state index is 0.287. The number of ether oxygens (including phenoxy) is 2. The van der Waals surface area contributed by atoms with Crippen molar-refractivity contribution in [2.75, 3.05) is 11.9 Å². The Kier molecular flexibility index (Phi) is 9.19. The van der Waals surface area contributed by atoms with Crippen LogP contribution in [0.15, 0.2) is 60.1 Å². The Morgan fingerprint density at radius 1 is 1.29 bits per heavy atom. The summed E-state index contributed by atoms with van der Waals surface area (Å²) in [5.41, 5.74) is 4.28. The summed E-state index contributed by atoms with van der Waals surface area (Å²) in [5.74, 6) is 3.59. The molecular formula is C30H36N6O2. The molecule has 1 aliphatic rings. The molecule has 1 aliphatic heterocycles. The van der Waals surface area contributed by atoms with Crippen LogP contribution in [0.5, 0.6) is 11.5 Å². The number of fused-ring (bicyclic) bond motifs is 2. The number of hydrogen-bond donors (Lipinski definition) is 2. The number of rotatable bonds is 9. The number of aryl methyl sites for hydroxylation is 1. The Bertz CT molecular complexity index is 1350. The molecule has 4 rings (SSSR count). The summed E-state index contributed by atoms with van der Waals surface area (Å²) in [6.07, 6.45) is 13.0. The van der Waals surface area contributed by atoms with Crippen molar-refractivity contribution in [3.8, 4) is 11.5 Å². The third-order valence-electron chi connectivity index (χ3n) is 6.89. The molecule has 0 amide bonds. The van der Waals surface area contributed by atoms with Gasteiger partial charge < -0.3 is 14.8 Å². The van der Waals surface area contributed by atoms with Gasteiger partial charge >= 0.3 is 0 Å². The SMILES string of the molecule is C=C/C(=C\C=NC=N)Oc1ccc(Nc2ncnc3cc4c(nc23)C(C)C(CCC)CCCCO4)cc1C. The molecular weight excluding hydrogens is 476 g/mol. The van der Waals surface area contributed by atoms with Crippen molar-refractivity contribution in [2.45, 2.75) is 58.8 Å². The van der Waals surface area contributed by atoms with E-state index in [1.807, 2.05) is 31.2 Å². The van der Waals surface area contributed by atoms with Crippen molar-refractivity contribution in [1.82, 2.24) is 15.0 Å². The fraction of sp³-hybridized carbons (Fsp3) is 0.367. The highest BCUT2D eigenvalue weighted by atomic mass is 16.5. The van der Waals surface area contributed by atoms with E-state index in [2.05, 4.69) is 40.7 Å². The predicted octanol–water partition coefficient (Wildman–Crippen LogP) is 7.29. The Balaban J connectivity index is 1.64. The molecule has 2 N–H and O–H groups in total. The summed E-state index contributed by atoms with van der Waals surface area (Å²) in [6, 6.07) is 7.84. The molecule has 3 aromatic rings. The van der Waals surface area contributed by atoms with Crippen LogP contribution < -0.4 is 14.8 Å². The zero-order chi connectivity index (χ0) is 26.9. The maximum Gasteiger partial charge on any atom is 0.160 e. The first-order valence-corrected chi connectivity index (χ1v) is 13.2. The largest absolute Gasteiger partial charge is 0.492 e. The normalized spacial score (nSPS) is 18.1. The summed E-state index contributed by atoms with van der Waals surface area (Å²) >= 11 is 0. The van der Waals surface area contributed by atoms with Crippen LogP contribution in [-0.2, 0) is 0 Å². The van der Waals surface area contributed by atoms with Crippen molar-refractivity contribution in [3.05, 3.63) is 66.3 Å². The lowest BCUT2D eigenvalue weighted by molar-refractivity contribution is 0.304. The van der Waals surface area contributed by atoms with E-state index >= 15 is 0 Å². The molecule has 0 aliphatic carbocycles. The summed E-state index contributed by atoms with van der Waals surface area (Å²) in [4.78, 5) is 17.9. The fourth-order valence-corrected chi connectivity index (χ4v) is 4.85. The molecule has 38 heavy (non-hydrogen) atoms. The molecule has 0 spiro atoms. The first kappa shape index (κ1) is 27.0. The first-order valence-electron chi connectivity index (χ1n) is 13.2. The topological polar surface area (TPSA) is 105 Å². The molecule has 0 bridgehead atoms. The smallest absolute Gasteiger partial charge is 0.160 e. The van der Waals surface area contributed by atoms with Gasteiger partial charge in [0.2, 0.25) is 0 Å². The predicted molar refractivity (Wildman–Crippen MR) is 154 cm³/mol. The number of hydrogen-bond acceptors (Lipinski definition) is 7.